The standard InChI is InChI=1S/C21H27NO8S/c1-22-10-12(23-2)14(25-4)16(27-6)18(29-8)20(10)31-21-11(22)13(24-3)15(26-5)17(28-7)19(21)30-9/h1-9H3. The van der Waals surface area contributed by atoms with Crippen molar-refractivity contribution in [2.45, 2.75) is 9.79 Å². The van der Waals surface area contributed by atoms with Crippen LogP contribution in [0.25, 0.3) is 0 Å². The van der Waals surface area contributed by atoms with Gasteiger partial charge in [0.1, 0.15) is 11.4 Å². The van der Waals surface area contributed by atoms with Crippen LogP contribution >= 0.6 is 11.8 Å². The average molecular weight is 454 g/mol. The third-order valence-electron chi connectivity index (χ3n) is 5.02. The van der Waals surface area contributed by atoms with Crippen LogP contribution in [-0.4, -0.2) is 63.9 Å². The Morgan fingerprint density at radius 2 is 0.677 bits per heavy atom. The van der Waals surface area contributed by atoms with Crippen molar-refractivity contribution >= 4 is 23.1 Å². The van der Waals surface area contributed by atoms with Gasteiger partial charge in [-0.15, -0.1) is 0 Å². The first-order valence-electron chi connectivity index (χ1n) is 9.20. The summed E-state index contributed by atoms with van der Waals surface area (Å²) in [6, 6.07) is 0. The maximum Gasteiger partial charge on any atom is 0.209 e. The molecule has 1 aliphatic heterocycles. The Hall–Kier alpha value is -3.01. The lowest BCUT2D eigenvalue weighted by Gasteiger charge is -2.35. The molecule has 2 aromatic rings. The van der Waals surface area contributed by atoms with Crippen molar-refractivity contribution in [2.24, 2.45) is 0 Å². The van der Waals surface area contributed by atoms with E-state index < -0.39 is 0 Å². The molecular weight excluding hydrogens is 426 g/mol. The van der Waals surface area contributed by atoms with Gasteiger partial charge in [0.25, 0.3) is 0 Å². The van der Waals surface area contributed by atoms with Crippen molar-refractivity contribution < 1.29 is 37.9 Å². The van der Waals surface area contributed by atoms with E-state index in [-0.39, 0.29) is 0 Å². The number of ether oxygens (including phenoxy) is 8. The molecule has 0 spiro atoms. The average Bonchev–Trinajstić information content (AvgIpc) is 2.80. The summed E-state index contributed by atoms with van der Waals surface area (Å²) in [7, 11) is 14.4. The minimum Gasteiger partial charge on any atom is -0.492 e. The fourth-order valence-electron chi connectivity index (χ4n) is 3.76. The molecule has 9 nitrogen and oxygen atoms in total. The van der Waals surface area contributed by atoms with E-state index in [1.807, 2.05) is 11.9 Å². The second kappa shape index (κ2) is 9.01. The maximum absolute atomic E-state index is 5.75. The first kappa shape index (κ1) is 22.7. The topological polar surface area (TPSA) is 77.1 Å². The predicted molar refractivity (Wildman–Crippen MR) is 117 cm³/mol. The molecule has 2 aromatic carbocycles. The van der Waals surface area contributed by atoms with Gasteiger partial charge in [-0.3, -0.25) is 0 Å². The summed E-state index contributed by atoms with van der Waals surface area (Å²) in [6.45, 7) is 0. The Labute approximate surface area is 186 Å². The summed E-state index contributed by atoms with van der Waals surface area (Å²) >= 11 is 1.42. The van der Waals surface area contributed by atoms with Gasteiger partial charge in [-0.1, -0.05) is 11.8 Å². The fourth-order valence-corrected chi connectivity index (χ4v) is 5.15. The molecule has 0 radical (unpaired) electrons. The molecule has 0 bridgehead atoms. The van der Waals surface area contributed by atoms with Gasteiger partial charge in [0.2, 0.25) is 23.0 Å². The van der Waals surface area contributed by atoms with Crippen molar-refractivity contribution in [3.05, 3.63) is 0 Å². The minimum atomic E-state index is 0.419. The molecule has 0 N–H and O–H groups in total. The molecule has 0 saturated carbocycles. The van der Waals surface area contributed by atoms with Gasteiger partial charge in [-0.05, 0) is 0 Å². The molecular formula is C21H27NO8S. The number of hydrogen-bond donors (Lipinski definition) is 0. The summed E-state index contributed by atoms with van der Waals surface area (Å²) in [5.74, 6) is 3.69. The number of anilines is 2. The number of nitrogens with zero attached hydrogens (tertiary/aromatic N) is 1. The third-order valence-corrected chi connectivity index (χ3v) is 6.18. The number of methoxy groups -OCH3 is 8. The van der Waals surface area contributed by atoms with Crippen LogP contribution < -0.4 is 42.8 Å². The highest BCUT2D eigenvalue weighted by Crippen LogP contribution is 2.67. The second-order valence-corrected chi connectivity index (χ2v) is 7.30. The molecule has 10 heteroatoms. The lowest BCUT2D eigenvalue weighted by Crippen LogP contribution is -2.19. The van der Waals surface area contributed by atoms with Crippen LogP contribution in [0.4, 0.5) is 11.4 Å². The summed E-state index contributed by atoms with van der Waals surface area (Å²) in [5.41, 5.74) is 1.45. The Kier molecular flexibility index (Phi) is 6.59. The molecule has 0 amide bonds. The monoisotopic (exact) mass is 453 g/mol. The second-order valence-electron chi connectivity index (χ2n) is 6.28. The molecule has 0 unspecified atom stereocenters. The Morgan fingerprint density at radius 3 is 0.935 bits per heavy atom. The van der Waals surface area contributed by atoms with Crippen LogP contribution in [0.3, 0.4) is 0 Å². The van der Waals surface area contributed by atoms with Crippen LogP contribution in [0.15, 0.2) is 9.79 Å². The van der Waals surface area contributed by atoms with Crippen LogP contribution in [0, 0.1) is 0 Å². The molecule has 1 heterocycles. The van der Waals surface area contributed by atoms with E-state index in [2.05, 4.69) is 0 Å². The van der Waals surface area contributed by atoms with Crippen molar-refractivity contribution in [1.82, 2.24) is 0 Å². The Morgan fingerprint density at radius 1 is 0.419 bits per heavy atom. The third kappa shape index (κ3) is 3.16. The Bertz CT molecular complexity index is 917. The Balaban J connectivity index is 2.48. The first-order valence-corrected chi connectivity index (χ1v) is 10.0. The number of hydrogen-bond acceptors (Lipinski definition) is 10. The van der Waals surface area contributed by atoms with Crippen molar-refractivity contribution in [3.8, 4) is 46.0 Å². The van der Waals surface area contributed by atoms with Gasteiger partial charge in [0.05, 0.1) is 66.7 Å². The first-order chi connectivity index (χ1) is 15.0. The van der Waals surface area contributed by atoms with Crippen molar-refractivity contribution in [2.75, 3.05) is 68.8 Å². The van der Waals surface area contributed by atoms with Crippen LogP contribution in [0.2, 0.25) is 0 Å². The van der Waals surface area contributed by atoms with Gasteiger partial charge < -0.3 is 42.8 Å². The number of benzene rings is 2. The molecule has 0 aromatic heterocycles. The maximum atomic E-state index is 5.75. The molecule has 0 atom stereocenters. The van der Waals surface area contributed by atoms with E-state index in [0.29, 0.717) is 46.0 Å². The highest BCUT2D eigenvalue weighted by molar-refractivity contribution is 8.00. The van der Waals surface area contributed by atoms with Gasteiger partial charge in [0.15, 0.2) is 23.0 Å². The fraction of sp³-hybridized carbons (Fsp3) is 0.429. The van der Waals surface area contributed by atoms with E-state index in [0.717, 1.165) is 21.2 Å². The van der Waals surface area contributed by atoms with Crippen molar-refractivity contribution in [3.63, 3.8) is 0 Å². The van der Waals surface area contributed by atoms with E-state index >= 15 is 0 Å². The van der Waals surface area contributed by atoms with Crippen LogP contribution in [0.1, 0.15) is 0 Å². The summed E-state index contributed by atoms with van der Waals surface area (Å²) in [5, 5.41) is 0. The molecule has 1 aliphatic rings. The highest BCUT2D eigenvalue weighted by atomic mass is 32.2. The van der Waals surface area contributed by atoms with E-state index in [4.69, 9.17) is 37.9 Å². The summed E-state index contributed by atoms with van der Waals surface area (Å²) in [6.07, 6.45) is 0. The normalized spacial score (nSPS) is 11.8. The molecule has 170 valence electrons. The molecule has 0 fully saturated rings. The van der Waals surface area contributed by atoms with E-state index in [1.165, 1.54) is 11.8 Å². The number of rotatable bonds is 8. The summed E-state index contributed by atoms with van der Waals surface area (Å²) in [4.78, 5) is 3.45. The zero-order valence-electron chi connectivity index (χ0n) is 19.1. The molecule has 0 saturated heterocycles. The molecule has 0 aliphatic carbocycles. The van der Waals surface area contributed by atoms with Gasteiger partial charge in [0, 0.05) is 7.05 Å². The highest BCUT2D eigenvalue weighted by Gasteiger charge is 2.40. The largest absolute Gasteiger partial charge is 0.492 e. The van der Waals surface area contributed by atoms with Crippen LogP contribution in [0.5, 0.6) is 46.0 Å². The van der Waals surface area contributed by atoms with Gasteiger partial charge >= 0.3 is 0 Å². The lowest BCUT2D eigenvalue weighted by molar-refractivity contribution is 0.299. The van der Waals surface area contributed by atoms with E-state index in [9.17, 15) is 0 Å². The lowest BCUT2D eigenvalue weighted by atomic mass is 10.1. The molecule has 3 rings (SSSR count). The zero-order chi connectivity index (χ0) is 22.9. The quantitative estimate of drug-likeness (QED) is 0.585. The van der Waals surface area contributed by atoms with Crippen molar-refractivity contribution in [1.29, 1.82) is 0 Å². The van der Waals surface area contributed by atoms with Crippen LogP contribution in [-0.2, 0) is 0 Å². The SMILES string of the molecule is COc1c(OC)c(OC)c2c(c1OC)Sc1c(OC)c(OC)c(OC)c(OC)c1N2C. The zero-order valence-corrected chi connectivity index (χ0v) is 19.9. The smallest absolute Gasteiger partial charge is 0.209 e. The van der Waals surface area contributed by atoms with Gasteiger partial charge in [-0.25, -0.2) is 0 Å². The number of fused-ring (bicyclic) bond motifs is 2. The summed E-state index contributed by atoms with van der Waals surface area (Å²) < 4.78 is 45.4. The van der Waals surface area contributed by atoms with E-state index in [1.54, 1.807) is 56.9 Å². The molecule has 31 heavy (non-hydrogen) atoms. The predicted octanol–water partition coefficient (Wildman–Crippen LogP) is 3.99. The van der Waals surface area contributed by atoms with Gasteiger partial charge in [-0.2, -0.15) is 0 Å². The minimum absolute atomic E-state index is 0.419.